The number of nitrogens with zero attached hydrogens (tertiary/aromatic N) is 5. The van der Waals surface area contributed by atoms with Crippen LogP contribution in [0.5, 0.6) is 23.0 Å². The molecule has 52 heavy (non-hydrogen) atoms. The van der Waals surface area contributed by atoms with E-state index in [1.165, 1.54) is 11.1 Å². The van der Waals surface area contributed by atoms with Crippen molar-refractivity contribution in [1.82, 2.24) is 19.6 Å². The van der Waals surface area contributed by atoms with Crippen molar-refractivity contribution in [2.24, 2.45) is 11.0 Å². The van der Waals surface area contributed by atoms with Crippen molar-refractivity contribution in [1.29, 1.82) is 0 Å². The first-order valence-electron chi connectivity index (χ1n) is 17.1. The predicted octanol–water partition coefficient (Wildman–Crippen LogP) is 8.43. The normalized spacial score (nSPS) is 19.8. The van der Waals surface area contributed by atoms with Gasteiger partial charge in [0.2, 0.25) is 13.6 Å². The Morgan fingerprint density at radius 1 is 0.885 bits per heavy atom. The fraction of sp³-hybridized carbons (Fsp3) is 0.282. The first-order valence-corrected chi connectivity index (χ1v) is 17.1. The number of ether oxygens (including phenoxy) is 4. The number of halogens is 3. The van der Waals surface area contributed by atoms with Crippen LogP contribution >= 0.6 is 0 Å². The summed E-state index contributed by atoms with van der Waals surface area (Å²) >= 11 is 0. The van der Waals surface area contributed by atoms with E-state index in [1.807, 2.05) is 62.4 Å². The summed E-state index contributed by atoms with van der Waals surface area (Å²) in [6.45, 7) is 4.33. The van der Waals surface area contributed by atoms with Crippen molar-refractivity contribution >= 4 is 23.3 Å². The Labute approximate surface area is 296 Å². The van der Waals surface area contributed by atoms with Crippen LogP contribution in [0.4, 0.5) is 13.2 Å². The number of allylic oxidation sites excluding steroid dienone is 1. The van der Waals surface area contributed by atoms with Crippen LogP contribution in [0, 0.1) is 5.92 Å². The third kappa shape index (κ3) is 5.51. The smallest absolute Gasteiger partial charge is 0.433 e. The minimum atomic E-state index is -4.77. The first-order chi connectivity index (χ1) is 25.1. The number of benzene rings is 3. The molecular formula is C39H32F3N5O5. The van der Waals surface area contributed by atoms with Gasteiger partial charge in [-0.1, -0.05) is 50.2 Å². The van der Waals surface area contributed by atoms with Gasteiger partial charge in [0.15, 0.2) is 40.0 Å². The quantitative estimate of drug-likeness (QED) is 0.181. The molecule has 1 saturated carbocycles. The summed E-state index contributed by atoms with van der Waals surface area (Å²) in [5.74, 6) is 1.88. The molecule has 3 aromatic carbocycles. The summed E-state index contributed by atoms with van der Waals surface area (Å²) in [5, 5.41) is 10.5. The van der Waals surface area contributed by atoms with Crippen molar-refractivity contribution in [2.45, 2.75) is 51.2 Å². The van der Waals surface area contributed by atoms with Crippen LogP contribution in [-0.4, -0.2) is 44.8 Å². The molecule has 1 amide bonds. The first kappa shape index (κ1) is 32.1. The summed E-state index contributed by atoms with van der Waals surface area (Å²) in [7, 11) is 0. The number of amides is 1. The van der Waals surface area contributed by atoms with Crippen molar-refractivity contribution in [3.63, 3.8) is 0 Å². The molecule has 1 aliphatic carbocycles. The number of alkyl halides is 3. The van der Waals surface area contributed by atoms with Gasteiger partial charge >= 0.3 is 6.18 Å². The lowest BCUT2D eigenvalue weighted by molar-refractivity contribution is -0.142. The van der Waals surface area contributed by atoms with E-state index in [2.05, 4.69) is 10.1 Å². The molecule has 1 fully saturated rings. The van der Waals surface area contributed by atoms with Crippen molar-refractivity contribution in [2.75, 3.05) is 13.6 Å². The highest BCUT2D eigenvalue weighted by atomic mass is 19.4. The Hall–Kier alpha value is -5.85. The molecule has 4 aliphatic rings. The maximum absolute atomic E-state index is 14.5. The fourth-order valence-electron chi connectivity index (χ4n) is 7.39. The lowest BCUT2D eigenvalue weighted by atomic mass is 9.77. The van der Waals surface area contributed by atoms with Gasteiger partial charge < -0.3 is 18.9 Å². The number of carbonyl (C=O) groups excluding carboxylic acids is 1. The Kier molecular flexibility index (Phi) is 7.49. The minimum absolute atomic E-state index is 0.0827. The van der Waals surface area contributed by atoms with E-state index in [0.29, 0.717) is 33.1 Å². The van der Waals surface area contributed by atoms with Gasteiger partial charge in [0.05, 0.1) is 17.4 Å². The van der Waals surface area contributed by atoms with Gasteiger partial charge in [0.1, 0.15) is 0 Å². The maximum Gasteiger partial charge on any atom is 0.433 e. The largest absolute Gasteiger partial charge is 0.454 e. The summed E-state index contributed by atoms with van der Waals surface area (Å²) in [5.41, 5.74) is 3.70. The number of carbonyl (C=O) groups is 1. The molecule has 0 radical (unpaired) electrons. The van der Waals surface area contributed by atoms with Gasteiger partial charge in [-0.25, -0.2) is 14.5 Å². The third-order valence-corrected chi connectivity index (χ3v) is 10.00. The van der Waals surface area contributed by atoms with Crippen molar-refractivity contribution < 1.29 is 36.9 Å². The van der Waals surface area contributed by atoms with Crippen molar-refractivity contribution in [3.8, 4) is 34.3 Å². The summed E-state index contributed by atoms with van der Waals surface area (Å²) in [6.07, 6.45) is -0.418. The van der Waals surface area contributed by atoms with Crippen LogP contribution in [0.1, 0.15) is 77.9 Å². The standard InChI is InChI=1S/C39H32F3N5O5/c1-21(2)23-7-9-24(10-8-23)28-17-34(39(40,41)42)46-35(43-28)18-29(44-46)38(48)47-37(26-11-13-31-33(16-26)52-20-50-31)27-5-3-4-25(36(27)45-47)14-22-6-12-30-32(15-22)51-19-49-30/h6-18,21,27,37H,3-5,19-20H2,1-2H3/b25-14-/t27-,37-/m0/s1. The third-order valence-electron chi connectivity index (χ3n) is 10.00. The van der Waals surface area contributed by atoms with Gasteiger partial charge in [-0.2, -0.15) is 23.4 Å². The van der Waals surface area contributed by atoms with Crippen LogP contribution in [0.25, 0.3) is 23.0 Å². The maximum atomic E-state index is 14.5. The highest BCUT2D eigenvalue weighted by Gasteiger charge is 2.45. The number of rotatable bonds is 5. The average molecular weight is 708 g/mol. The molecule has 0 N–H and O–H groups in total. The molecule has 10 nitrogen and oxygen atoms in total. The number of hydrogen-bond donors (Lipinski definition) is 0. The van der Waals surface area contributed by atoms with E-state index >= 15 is 0 Å². The second-order valence-electron chi connectivity index (χ2n) is 13.6. The van der Waals surface area contributed by atoms with E-state index in [4.69, 9.17) is 24.0 Å². The molecule has 5 aromatic rings. The topological polar surface area (TPSA) is 99.8 Å². The highest BCUT2D eigenvalue weighted by Crippen LogP contribution is 2.47. The zero-order valence-corrected chi connectivity index (χ0v) is 28.2. The summed E-state index contributed by atoms with van der Waals surface area (Å²) < 4.78 is 66.6. The molecule has 9 rings (SSSR count). The van der Waals surface area contributed by atoms with E-state index in [9.17, 15) is 18.0 Å². The second kappa shape index (κ2) is 12.1. The average Bonchev–Trinajstić information content (AvgIpc) is 3.95. The molecule has 2 aromatic heterocycles. The molecule has 0 saturated heterocycles. The minimum Gasteiger partial charge on any atom is -0.454 e. The molecule has 2 atom stereocenters. The lowest BCUT2D eigenvalue weighted by Gasteiger charge is -2.29. The molecule has 264 valence electrons. The Morgan fingerprint density at radius 2 is 1.60 bits per heavy atom. The molecular weight excluding hydrogens is 675 g/mol. The van der Waals surface area contributed by atoms with Gasteiger partial charge in [0.25, 0.3) is 5.91 Å². The predicted molar refractivity (Wildman–Crippen MR) is 184 cm³/mol. The van der Waals surface area contributed by atoms with Crippen LogP contribution in [-0.2, 0) is 6.18 Å². The molecule has 3 aliphatic heterocycles. The van der Waals surface area contributed by atoms with Gasteiger partial charge in [-0.3, -0.25) is 4.79 Å². The van der Waals surface area contributed by atoms with Gasteiger partial charge in [0, 0.05) is 17.5 Å². The van der Waals surface area contributed by atoms with Crippen molar-refractivity contribution in [3.05, 3.63) is 106 Å². The number of hydrogen-bond acceptors (Lipinski definition) is 8. The highest BCUT2D eigenvalue weighted by molar-refractivity contribution is 6.09. The molecule has 5 heterocycles. The zero-order chi connectivity index (χ0) is 35.7. The lowest BCUT2D eigenvalue weighted by Crippen LogP contribution is -2.32. The molecule has 0 unspecified atom stereocenters. The van der Waals surface area contributed by atoms with Crippen LogP contribution < -0.4 is 18.9 Å². The van der Waals surface area contributed by atoms with Crippen LogP contribution in [0.2, 0.25) is 0 Å². The van der Waals surface area contributed by atoms with Crippen LogP contribution in [0.3, 0.4) is 0 Å². The summed E-state index contributed by atoms with van der Waals surface area (Å²) in [4.78, 5) is 19.0. The Balaban J connectivity index is 1.13. The monoisotopic (exact) mass is 707 g/mol. The second-order valence-corrected chi connectivity index (χ2v) is 13.6. The van der Waals surface area contributed by atoms with E-state index < -0.39 is 23.8 Å². The van der Waals surface area contributed by atoms with Gasteiger partial charge in [-0.05, 0) is 83.9 Å². The van der Waals surface area contributed by atoms with Crippen LogP contribution in [0.15, 0.2) is 83.5 Å². The number of hydrazone groups is 1. The number of aromatic nitrogens is 3. The SMILES string of the molecule is CC(C)c1ccc(-c2cc(C(F)(F)F)n3nc(C(=O)N4N=C5/C(=C\c6ccc7c(c6)OCO7)CCC[C@@H]5[C@@H]4c4ccc5c(c4)OCO5)cc3n2)cc1. The van der Waals surface area contributed by atoms with E-state index in [1.54, 1.807) is 18.2 Å². The van der Waals surface area contributed by atoms with E-state index in [-0.39, 0.29) is 42.5 Å². The Morgan fingerprint density at radius 3 is 2.33 bits per heavy atom. The van der Waals surface area contributed by atoms with E-state index in [0.717, 1.165) is 53.3 Å². The summed E-state index contributed by atoms with van der Waals surface area (Å²) in [6, 6.07) is 20.2. The number of fused-ring (bicyclic) bond motifs is 4. The molecule has 13 heteroatoms. The fourth-order valence-corrected chi connectivity index (χ4v) is 7.39. The van der Waals surface area contributed by atoms with Gasteiger partial charge in [-0.15, -0.1) is 0 Å². The molecule has 0 spiro atoms. The zero-order valence-electron chi connectivity index (χ0n) is 28.2. The molecule has 0 bridgehead atoms. The Bertz CT molecular complexity index is 2310.